The van der Waals surface area contributed by atoms with Gasteiger partial charge in [0.15, 0.2) is 5.13 Å². The second-order valence-electron chi connectivity index (χ2n) is 4.43. The first-order valence-corrected chi connectivity index (χ1v) is 8.01. The molecule has 0 spiro atoms. The van der Waals surface area contributed by atoms with Gasteiger partial charge in [0, 0.05) is 18.5 Å². The van der Waals surface area contributed by atoms with Gasteiger partial charge in [0.05, 0.1) is 27.9 Å². The molecule has 2 rings (SSSR count). The second-order valence-corrected chi connectivity index (χ2v) is 6.49. The molecule has 19 heavy (non-hydrogen) atoms. The molecule has 2 aromatic rings. The molecule has 4 nitrogen and oxygen atoms in total. The van der Waals surface area contributed by atoms with Gasteiger partial charge in [0.25, 0.3) is 0 Å². The Hall–Kier alpha value is -0.980. The zero-order valence-corrected chi connectivity index (χ0v) is 13.3. The summed E-state index contributed by atoms with van der Waals surface area (Å²) in [7, 11) is 1.69. The molecule has 1 unspecified atom stereocenters. The third-order valence-electron chi connectivity index (χ3n) is 2.80. The molecule has 0 bridgehead atoms. The molecule has 0 radical (unpaired) electrons. The predicted octanol–water partition coefficient (Wildman–Crippen LogP) is 3.93. The Kier molecular flexibility index (Phi) is 4.90. The van der Waals surface area contributed by atoms with Gasteiger partial charge in [-0.2, -0.15) is 0 Å². The summed E-state index contributed by atoms with van der Waals surface area (Å²) < 4.78 is 5.20. The number of nitrogens with one attached hydrogen (secondary N) is 1. The summed E-state index contributed by atoms with van der Waals surface area (Å²) in [5.41, 5.74) is 1.97. The van der Waals surface area contributed by atoms with Crippen LogP contribution in [0, 0.1) is 6.92 Å². The Morgan fingerprint density at radius 2 is 2.21 bits per heavy atom. The Bertz CT molecular complexity index is 536. The maximum atomic E-state index is 5.20. The van der Waals surface area contributed by atoms with E-state index in [2.05, 4.69) is 34.5 Å². The average Bonchev–Trinajstić information content (AvgIpc) is 2.96. The van der Waals surface area contributed by atoms with Crippen molar-refractivity contribution in [1.29, 1.82) is 0 Å². The van der Waals surface area contributed by atoms with Gasteiger partial charge in [-0.25, -0.2) is 9.97 Å². The minimum absolute atomic E-state index is 0.445. The number of aryl methyl sites for hydroxylation is 1. The molecule has 0 aliphatic heterocycles. The quantitative estimate of drug-likeness (QED) is 0.877. The first-order chi connectivity index (χ1) is 9.13. The summed E-state index contributed by atoms with van der Waals surface area (Å²) in [6, 6.07) is 0.445. The lowest BCUT2D eigenvalue weighted by Gasteiger charge is -2.08. The van der Waals surface area contributed by atoms with E-state index in [4.69, 9.17) is 4.74 Å². The molecule has 104 valence electrons. The summed E-state index contributed by atoms with van der Waals surface area (Å²) in [4.78, 5) is 10.3. The summed E-state index contributed by atoms with van der Waals surface area (Å²) in [6.07, 6.45) is 1.09. The third kappa shape index (κ3) is 3.52. The van der Waals surface area contributed by atoms with E-state index in [0.717, 1.165) is 32.8 Å². The van der Waals surface area contributed by atoms with Crippen LogP contribution in [0.3, 0.4) is 0 Å². The van der Waals surface area contributed by atoms with Crippen LogP contribution >= 0.6 is 22.7 Å². The van der Waals surface area contributed by atoms with Gasteiger partial charge >= 0.3 is 0 Å². The van der Waals surface area contributed by atoms with E-state index in [-0.39, 0.29) is 0 Å². The molecule has 0 aliphatic rings. The molecule has 0 saturated carbocycles. The van der Waals surface area contributed by atoms with Crippen LogP contribution in [0.4, 0.5) is 5.13 Å². The van der Waals surface area contributed by atoms with E-state index in [1.165, 1.54) is 0 Å². The van der Waals surface area contributed by atoms with Gasteiger partial charge in [-0.1, -0.05) is 6.92 Å². The van der Waals surface area contributed by atoms with Crippen molar-refractivity contribution in [3.8, 4) is 10.6 Å². The van der Waals surface area contributed by atoms with Crippen molar-refractivity contribution in [2.45, 2.75) is 39.8 Å². The minimum atomic E-state index is 0.445. The number of aromatic nitrogens is 2. The summed E-state index contributed by atoms with van der Waals surface area (Å²) in [5, 5.41) is 7.50. The van der Waals surface area contributed by atoms with Gasteiger partial charge in [-0.3, -0.25) is 0 Å². The van der Waals surface area contributed by atoms with Crippen LogP contribution in [0.5, 0.6) is 0 Å². The molecule has 2 aromatic heterocycles. The first-order valence-electron chi connectivity index (χ1n) is 6.31. The smallest absolute Gasteiger partial charge is 0.183 e. The SMILES string of the molecule is CCC(C)Nc1nc(-c2sc(C)nc2COC)cs1. The Morgan fingerprint density at radius 1 is 1.42 bits per heavy atom. The summed E-state index contributed by atoms with van der Waals surface area (Å²) in [5.74, 6) is 0. The normalized spacial score (nSPS) is 12.6. The molecule has 1 N–H and O–H groups in total. The second kappa shape index (κ2) is 6.45. The maximum Gasteiger partial charge on any atom is 0.183 e. The van der Waals surface area contributed by atoms with Gasteiger partial charge in [0.1, 0.15) is 0 Å². The number of ether oxygens (including phenoxy) is 1. The Morgan fingerprint density at radius 3 is 2.89 bits per heavy atom. The Balaban J connectivity index is 2.22. The van der Waals surface area contributed by atoms with Crippen molar-refractivity contribution in [2.24, 2.45) is 0 Å². The van der Waals surface area contributed by atoms with E-state index in [1.54, 1.807) is 29.8 Å². The van der Waals surface area contributed by atoms with E-state index in [1.807, 2.05) is 6.92 Å². The van der Waals surface area contributed by atoms with E-state index >= 15 is 0 Å². The third-order valence-corrected chi connectivity index (χ3v) is 4.61. The molecular formula is C13H19N3OS2. The van der Waals surface area contributed by atoms with Crippen LogP contribution in [0.2, 0.25) is 0 Å². The molecule has 2 heterocycles. The van der Waals surface area contributed by atoms with Crippen molar-refractivity contribution in [3.05, 3.63) is 16.1 Å². The highest BCUT2D eigenvalue weighted by atomic mass is 32.1. The molecule has 6 heteroatoms. The zero-order chi connectivity index (χ0) is 13.8. The number of anilines is 1. The highest BCUT2D eigenvalue weighted by molar-refractivity contribution is 7.16. The molecule has 0 saturated heterocycles. The van der Waals surface area contributed by atoms with Crippen LogP contribution in [-0.4, -0.2) is 23.1 Å². The van der Waals surface area contributed by atoms with E-state index in [9.17, 15) is 0 Å². The average molecular weight is 297 g/mol. The van der Waals surface area contributed by atoms with Crippen LogP contribution in [0.25, 0.3) is 10.6 Å². The van der Waals surface area contributed by atoms with Gasteiger partial charge in [-0.05, 0) is 20.3 Å². The molecule has 0 fully saturated rings. The number of thiazole rings is 2. The lowest BCUT2D eigenvalue weighted by atomic mass is 10.3. The standard InChI is InChI=1S/C13H19N3OS2/c1-5-8(2)14-13-16-11(7-18-13)12-10(6-17-4)15-9(3)19-12/h7-8H,5-6H2,1-4H3,(H,14,16). The topological polar surface area (TPSA) is 47.0 Å². The summed E-state index contributed by atoms with van der Waals surface area (Å²) >= 11 is 3.31. The van der Waals surface area contributed by atoms with Crippen molar-refractivity contribution in [2.75, 3.05) is 12.4 Å². The maximum absolute atomic E-state index is 5.20. The fraction of sp³-hybridized carbons (Fsp3) is 0.538. The molecule has 0 amide bonds. The van der Waals surface area contributed by atoms with Gasteiger partial charge in [-0.15, -0.1) is 22.7 Å². The zero-order valence-electron chi connectivity index (χ0n) is 11.7. The first kappa shape index (κ1) is 14.4. The van der Waals surface area contributed by atoms with Crippen molar-refractivity contribution in [1.82, 2.24) is 9.97 Å². The molecular weight excluding hydrogens is 278 g/mol. The lowest BCUT2D eigenvalue weighted by molar-refractivity contribution is 0.182. The van der Waals surface area contributed by atoms with Gasteiger partial charge in [0.2, 0.25) is 0 Å². The Labute approximate surface area is 121 Å². The van der Waals surface area contributed by atoms with Crippen LogP contribution in [0.15, 0.2) is 5.38 Å². The van der Waals surface area contributed by atoms with Gasteiger partial charge < -0.3 is 10.1 Å². The van der Waals surface area contributed by atoms with E-state index < -0.39 is 0 Å². The molecule has 0 aliphatic carbocycles. The van der Waals surface area contributed by atoms with Crippen molar-refractivity contribution < 1.29 is 4.74 Å². The number of methoxy groups -OCH3 is 1. The monoisotopic (exact) mass is 297 g/mol. The fourth-order valence-electron chi connectivity index (χ4n) is 1.66. The number of rotatable bonds is 6. The van der Waals surface area contributed by atoms with E-state index in [0.29, 0.717) is 12.6 Å². The number of hydrogen-bond acceptors (Lipinski definition) is 6. The fourth-order valence-corrected chi connectivity index (χ4v) is 3.43. The van der Waals surface area contributed by atoms with Crippen LogP contribution in [0.1, 0.15) is 31.0 Å². The minimum Gasteiger partial charge on any atom is -0.378 e. The summed E-state index contributed by atoms with van der Waals surface area (Å²) in [6.45, 7) is 6.87. The van der Waals surface area contributed by atoms with Crippen molar-refractivity contribution in [3.63, 3.8) is 0 Å². The largest absolute Gasteiger partial charge is 0.378 e. The van der Waals surface area contributed by atoms with Crippen molar-refractivity contribution >= 4 is 27.8 Å². The highest BCUT2D eigenvalue weighted by Crippen LogP contribution is 2.33. The van der Waals surface area contributed by atoms with Crippen LogP contribution < -0.4 is 5.32 Å². The number of hydrogen-bond donors (Lipinski definition) is 1. The molecule has 1 atom stereocenters. The number of nitrogens with zero attached hydrogens (tertiary/aromatic N) is 2. The highest BCUT2D eigenvalue weighted by Gasteiger charge is 2.14. The lowest BCUT2D eigenvalue weighted by Crippen LogP contribution is -2.12. The molecule has 0 aromatic carbocycles. The predicted molar refractivity (Wildman–Crippen MR) is 82.0 cm³/mol. The van der Waals surface area contributed by atoms with Crippen LogP contribution in [-0.2, 0) is 11.3 Å².